The Bertz CT molecular complexity index is 373. The van der Waals surface area contributed by atoms with Gasteiger partial charge in [-0.15, -0.1) is 0 Å². The highest BCUT2D eigenvalue weighted by molar-refractivity contribution is 9.10. The van der Waals surface area contributed by atoms with E-state index < -0.39 is 4.92 Å². The minimum Gasteiger partial charge on any atom is -0.473 e. The molecule has 0 saturated heterocycles. The molecule has 1 rings (SSSR count). The van der Waals surface area contributed by atoms with Crippen LogP contribution in [0.3, 0.4) is 0 Å². The normalized spacial score (nSPS) is 10.1. The van der Waals surface area contributed by atoms with Crippen molar-refractivity contribution in [1.29, 1.82) is 0 Å². The summed E-state index contributed by atoms with van der Waals surface area (Å²) in [6, 6.07) is 1.36. The second-order valence-corrected chi connectivity index (χ2v) is 3.85. The Morgan fingerprint density at radius 3 is 2.94 bits per heavy atom. The molecule has 0 aliphatic rings. The average Bonchev–Trinajstić information content (AvgIpc) is 2.26. The molecular weight excluding hydrogens is 280 g/mol. The number of aromatic nitrogens is 1. The SMILES string of the molecule is COCCCOc1ncc(Br)cc1[N+](=O)[O-]. The molecule has 0 aliphatic carbocycles. The molecule has 0 saturated carbocycles. The van der Waals surface area contributed by atoms with Crippen molar-refractivity contribution in [3.63, 3.8) is 0 Å². The third-order valence-electron chi connectivity index (χ3n) is 1.73. The van der Waals surface area contributed by atoms with E-state index in [0.29, 0.717) is 24.1 Å². The van der Waals surface area contributed by atoms with Crippen molar-refractivity contribution < 1.29 is 14.4 Å². The Labute approximate surface area is 101 Å². The zero-order valence-corrected chi connectivity index (χ0v) is 10.3. The van der Waals surface area contributed by atoms with E-state index in [-0.39, 0.29) is 11.6 Å². The van der Waals surface area contributed by atoms with Gasteiger partial charge in [-0.25, -0.2) is 4.98 Å². The van der Waals surface area contributed by atoms with Gasteiger partial charge in [-0.05, 0) is 15.9 Å². The van der Waals surface area contributed by atoms with Crippen molar-refractivity contribution in [2.24, 2.45) is 0 Å². The van der Waals surface area contributed by atoms with Gasteiger partial charge in [0.25, 0.3) is 5.88 Å². The van der Waals surface area contributed by atoms with Gasteiger partial charge in [-0.3, -0.25) is 10.1 Å². The molecule has 0 fully saturated rings. The van der Waals surface area contributed by atoms with Gasteiger partial charge in [-0.1, -0.05) is 0 Å². The first-order valence-electron chi connectivity index (χ1n) is 4.57. The number of ether oxygens (including phenoxy) is 2. The lowest BCUT2D eigenvalue weighted by molar-refractivity contribution is -0.386. The topological polar surface area (TPSA) is 74.5 Å². The lowest BCUT2D eigenvalue weighted by atomic mass is 10.4. The standard InChI is InChI=1S/C9H11BrN2O4/c1-15-3-2-4-16-9-8(12(13)14)5-7(10)6-11-9/h5-6H,2-4H2,1H3. The van der Waals surface area contributed by atoms with E-state index in [0.717, 1.165) is 0 Å². The van der Waals surface area contributed by atoms with E-state index in [1.54, 1.807) is 7.11 Å². The minimum absolute atomic E-state index is 0.0318. The summed E-state index contributed by atoms with van der Waals surface area (Å²) in [5.74, 6) is 0.0318. The van der Waals surface area contributed by atoms with Gasteiger partial charge in [-0.2, -0.15) is 0 Å². The summed E-state index contributed by atoms with van der Waals surface area (Å²) in [6.07, 6.45) is 2.12. The van der Waals surface area contributed by atoms with Crippen molar-refractivity contribution in [3.8, 4) is 5.88 Å². The third kappa shape index (κ3) is 3.74. The second-order valence-electron chi connectivity index (χ2n) is 2.93. The van der Waals surface area contributed by atoms with Gasteiger partial charge in [0.1, 0.15) is 0 Å². The van der Waals surface area contributed by atoms with Crippen LogP contribution in [-0.2, 0) is 4.74 Å². The van der Waals surface area contributed by atoms with E-state index >= 15 is 0 Å². The molecule has 7 heteroatoms. The lowest BCUT2D eigenvalue weighted by Gasteiger charge is -2.05. The molecule has 0 radical (unpaired) electrons. The zero-order valence-electron chi connectivity index (χ0n) is 8.68. The van der Waals surface area contributed by atoms with E-state index in [2.05, 4.69) is 20.9 Å². The van der Waals surface area contributed by atoms with E-state index in [1.165, 1.54) is 12.3 Å². The largest absolute Gasteiger partial charge is 0.473 e. The maximum Gasteiger partial charge on any atom is 0.332 e. The summed E-state index contributed by atoms with van der Waals surface area (Å²) in [4.78, 5) is 14.0. The number of rotatable bonds is 6. The van der Waals surface area contributed by atoms with Crippen LogP contribution in [0.4, 0.5) is 5.69 Å². The smallest absolute Gasteiger partial charge is 0.332 e. The Balaban J connectivity index is 2.67. The molecule has 0 spiro atoms. The molecule has 1 aromatic heterocycles. The van der Waals surface area contributed by atoms with Gasteiger partial charge in [0, 0.05) is 36.9 Å². The Kier molecular flexibility index (Phi) is 5.13. The zero-order chi connectivity index (χ0) is 12.0. The monoisotopic (exact) mass is 290 g/mol. The first-order chi connectivity index (χ1) is 7.65. The van der Waals surface area contributed by atoms with E-state index in [9.17, 15) is 10.1 Å². The van der Waals surface area contributed by atoms with Crippen molar-refractivity contribution in [3.05, 3.63) is 26.9 Å². The van der Waals surface area contributed by atoms with Crippen molar-refractivity contribution in [2.75, 3.05) is 20.3 Å². The molecule has 0 amide bonds. The number of nitro groups is 1. The van der Waals surface area contributed by atoms with Gasteiger partial charge < -0.3 is 9.47 Å². The van der Waals surface area contributed by atoms with E-state index in [4.69, 9.17) is 9.47 Å². The first kappa shape index (κ1) is 12.9. The van der Waals surface area contributed by atoms with Gasteiger partial charge in [0.2, 0.25) is 0 Å². The highest BCUT2D eigenvalue weighted by atomic mass is 79.9. The van der Waals surface area contributed by atoms with Crippen LogP contribution < -0.4 is 4.74 Å². The molecule has 6 nitrogen and oxygen atoms in total. The molecule has 88 valence electrons. The van der Waals surface area contributed by atoms with E-state index in [1.807, 2.05) is 0 Å². The van der Waals surface area contributed by atoms with Gasteiger partial charge >= 0.3 is 5.69 Å². The quantitative estimate of drug-likeness (QED) is 0.456. The Hall–Kier alpha value is -1.21. The van der Waals surface area contributed by atoms with Crippen LogP contribution in [0.25, 0.3) is 0 Å². The van der Waals surface area contributed by atoms with Crippen molar-refractivity contribution >= 4 is 21.6 Å². The Morgan fingerprint density at radius 2 is 2.31 bits per heavy atom. The maximum atomic E-state index is 10.7. The molecule has 1 heterocycles. The van der Waals surface area contributed by atoms with Crippen LogP contribution in [-0.4, -0.2) is 30.2 Å². The highest BCUT2D eigenvalue weighted by Gasteiger charge is 2.17. The number of methoxy groups -OCH3 is 1. The molecule has 1 aromatic rings. The van der Waals surface area contributed by atoms with Crippen LogP contribution in [0.15, 0.2) is 16.7 Å². The van der Waals surface area contributed by atoms with Crippen LogP contribution in [0, 0.1) is 10.1 Å². The number of halogens is 1. The molecule has 0 bridgehead atoms. The summed E-state index contributed by atoms with van der Waals surface area (Å²) in [7, 11) is 1.58. The molecule has 0 unspecified atom stereocenters. The first-order valence-corrected chi connectivity index (χ1v) is 5.36. The van der Waals surface area contributed by atoms with Gasteiger partial charge in [0.05, 0.1) is 11.5 Å². The molecule has 16 heavy (non-hydrogen) atoms. The summed E-state index contributed by atoms with van der Waals surface area (Å²) in [5.41, 5.74) is -0.146. The number of pyridine rings is 1. The number of hydrogen-bond acceptors (Lipinski definition) is 5. The summed E-state index contributed by atoms with van der Waals surface area (Å²) >= 11 is 3.12. The highest BCUT2D eigenvalue weighted by Crippen LogP contribution is 2.27. The molecule has 0 aromatic carbocycles. The summed E-state index contributed by atoms with van der Waals surface area (Å²) < 4.78 is 10.6. The fraction of sp³-hybridized carbons (Fsp3) is 0.444. The van der Waals surface area contributed by atoms with Crippen LogP contribution in [0.5, 0.6) is 5.88 Å². The fourth-order valence-corrected chi connectivity index (χ4v) is 1.35. The van der Waals surface area contributed by atoms with Crippen LogP contribution >= 0.6 is 15.9 Å². The van der Waals surface area contributed by atoms with Crippen LogP contribution in [0.2, 0.25) is 0 Å². The number of nitrogens with zero attached hydrogens (tertiary/aromatic N) is 2. The Morgan fingerprint density at radius 1 is 1.56 bits per heavy atom. The number of hydrogen-bond donors (Lipinski definition) is 0. The van der Waals surface area contributed by atoms with Crippen molar-refractivity contribution in [1.82, 2.24) is 4.98 Å². The van der Waals surface area contributed by atoms with Crippen LogP contribution in [0.1, 0.15) is 6.42 Å². The summed E-state index contributed by atoms with van der Waals surface area (Å²) in [5, 5.41) is 10.7. The fourth-order valence-electron chi connectivity index (χ4n) is 1.03. The predicted molar refractivity (Wildman–Crippen MR) is 60.6 cm³/mol. The molecule has 0 aliphatic heterocycles. The lowest BCUT2D eigenvalue weighted by Crippen LogP contribution is -2.04. The summed E-state index contributed by atoms with van der Waals surface area (Å²) in [6.45, 7) is 0.883. The minimum atomic E-state index is -0.524. The third-order valence-corrected chi connectivity index (χ3v) is 2.16. The predicted octanol–water partition coefficient (Wildman–Crippen LogP) is 2.17. The molecule has 0 N–H and O–H groups in total. The van der Waals surface area contributed by atoms with Crippen molar-refractivity contribution in [2.45, 2.75) is 6.42 Å². The maximum absolute atomic E-state index is 10.7. The molecule has 0 atom stereocenters. The average molecular weight is 291 g/mol. The van der Waals surface area contributed by atoms with Gasteiger partial charge in [0.15, 0.2) is 0 Å². The molecular formula is C9H11BrN2O4. The second kappa shape index (κ2) is 6.39.